The Balaban J connectivity index is 1.88. The number of anilines is 1. The molecule has 2 amide bonds. The summed E-state index contributed by atoms with van der Waals surface area (Å²) in [6.45, 7) is 6.35. The highest BCUT2D eigenvalue weighted by Crippen LogP contribution is 2.19. The first kappa shape index (κ1) is 20.6. The fraction of sp³-hybridized carbons (Fsp3) is 0.364. The number of hydrogen-bond acceptors (Lipinski definition) is 3. The van der Waals surface area contributed by atoms with Crippen LogP contribution in [0.2, 0.25) is 0 Å². The number of nitrogens with zero attached hydrogens (tertiary/aromatic N) is 2. The highest BCUT2D eigenvalue weighted by Gasteiger charge is 2.19. The summed E-state index contributed by atoms with van der Waals surface area (Å²) in [4.78, 5) is 28.3. The van der Waals surface area contributed by atoms with E-state index in [1.165, 1.54) is 0 Å². The molecule has 5 heteroatoms. The predicted molar refractivity (Wildman–Crippen MR) is 110 cm³/mol. The Morgan fingerprint density at radius 1 is 0.963 bits per heavy atom. The van der Waals surface area contributed by atoms with Crippen molar-refractivity contribution in [2.75, 3.05) is 32.5 Å². The minimum absolute atomic E-state index is 0.0177. The maximum absolute atomic E-state index is 12.6. The normalized spacial score (nSPS) is 11.9. The van der Waals surface area contributed by atoms with Crippen molar-refractivity contribution in [3.05, 3.63) is 65.2 Å². The molecule has 0 aliphatic heterocycles. The molecule has 1 N–H and O–H groups in total. The van der Waals surface area contributed by atoms with E-state index in [0.29, 0.717) is 0 Å². The van der Waals surface area contributed by atoms with Gasteiger partial charge in [0.25, 0.3) is 0 Å². The first-order chi connectivity index (χ1) is 12.8. The Morgan fingerprint density at radius 2 is 1.63 bits per heavy atom. The zero-order valence-electron chi connectivity index (χ0n) is 16.8. The van der Waals surface area contributed by atoms with Crippen molar-refractivity contribution < 1.29 is 9.59 Å². The van der Waals surface area contributed by atoms with E-state index in [2.05, 4.69) is 5.32 Å². The van der Waals surface area contributed by atoms with Crippen LogP contribution in [-0.4, -0.2) is 48.8 Å². The minimum atomic E-state index is -0.127. The molecule has 0 aliphatic carbocycles. The summed E-state index contributed by atoms with van der Waals surface area (Å²) in [7, 11) is 3.58. The van der Waals surface area contributed by atoms with Crippen LogP contribution in [0.3, 0.4) is 0 Å². The van der Waals surface area contributed by atoms with Gasteiger partial charge in [0.15, 0.2) is 0 Å². The molecule has 0 saturated heterocycles. The summed E-state index contributed by atoms with van der Waals surface area (Å²) >= 11 is 0. The number of rotatable bonds is 7. The molecule has 0 aliphatic rings. The van der Waals surface area contributed by atoms with E-state index in [1.807, 2.05) is 69.3 Å². The number of hydrogen-bond donors (Lipinski definition) is 1. The summed E-state index contributed by atoms with van der Waals surface area (Å²) in [6.07, 6.45) is 0. The molecule has 0 bridgehead atoms. The predicted octanol–water partition coefficient (Wildman–Crippen LogP) is 3.39. The van der Waals surface area contributed by atoms with E-state index in [9.17, 15) is 9.59 Å². The maximum atomic E-state index is 12.6. The van der Waals surface area contributed by atoms with Crippen molar-refractivity contribution in [1.29, 1.82) is 0 Å². The summed E-state index contributed by atoms with van der Waals surface area (Å²) in [5.41, 5.74) is 4.09. The van der Waals surface area contributed by atoms with Gasteiger partial charge >= 0.3 is 0 Å². The van der Waals surface area contributed by atoms with Crippen LogP contribution in [0.5, 0.6) is 0 Å². The lowest BCUT2D eigenvalue weighted by atomic mass is 10.1. The summed E-state index contributed by atoms with van der Waals surface area (Å²) < 4.78 is 0. The monoisotopic (exact) mass is 367 g/mol. The summed E-state index contributed by atoms with van der Waals surface area (Å²) in [5.74, 6) is -0.147. The first-order valence-electron chi connectivity index (χ1n) is 9.14. The molecule has 0 radical (unpaired) electrons. The molecule has 5 nitrogen and oxygen atoms in total. The Labute approximate surface area is 162 Å². The largest absolute Gasteiger partial charge is 0.338 e. The van der Waals surface area contributed by atoms with Crippen LogP contribution in [0.4, 0.5) is 5.69 Å². The fourth-order valence-corrected chi connectivity index (χ4v) is 2.89. The lowest BCUT2D eigenvalue weighted by Crippen LogP contribution is -2.40. The van der Waals surface area contributed by atoms with Crippen molar-refractivity contribution in [3.8, 4) is 0 Å². The smallest absolute Gasteiger partial charge is 0.238 e. The first-order valence-corrected chi connectivity index (χ1v) is 9.14. The van der Waals surface area contributed by atoms with Gasteiger partial charge in [0.05, 0.1) is 19.1 Å². The number of likely N-dealkylation sites (N-methyl/N-ethyl adjacent to an activating group) is 2. The third-order valence-corrected chi connectivity index (χ3v) is 4.95. The van der Waals surface area contributed by atoms with Crippen LogP contribution in [0.25, 0.3) is 0 Å². The van der Waals surface area contributed by atoms with Gasteiger partial charge in [0.1, 0.15) is 0 Å². The molecular weight excluding hydrogens is 338 g/mol. The molecule has 144 valence electrons. The van der Waals surface area contributed by atoms with Crippen molar-refractivity contribution in [3.63, 3.8) is 0 Å². The molecule has 27 heavy (non-hydrogen) atoms. The van der Waals surface area contributed by atoms with Crippen molar-refractivity contribution in [2.24, 2.45) is 0 Å². The van der Waals surface area contributed by atoms with Gasteiger partial charge in [-0.2, -0.15) is 0 Å². The van der Waals surface area contributed by atoms with E-state index >= 15 is 0 Å². The van der Waals surface area contributed by atoms with E-state index in [0.717, 1.165) is 22.4 Å². The quantitative estimate of drug-likeness (QED) is 0.816. The van der Waals surface area contributed by atoms with Crippen molar-refractivity contribution in [2.45, 2.75) is 26.8 Å². The number of amides is 2. The Bertz CT molecular complexity index is 789. The van der Waals surface area contributed by atoms with Gasteiger partial charge in [0.2, 0.25) is 11.8 Å². The van der Waals surface area contributed by atoms with Gasteiger partial charge in [0, 0.05) is 12.7 Å². The average Bonchev–Trinajstić information content (AvgIpc) is 2.64. The fourth-order valence-electron chi connectivity index (χ4n) is 2.89. The molecule has 0 unspecified atom stereocenters. The van der Waals surface area contributed by atoms with Crippen LogP contribution in [0.15, 0.2) is 48.5 Å². The van der Waals surface area contributed by atoms with Gasteiger partial charge in [-0.25, -0.2) is 0 Å². The molecule has 2 aromatic rings. The standard InChI is InChI=1S/C22H29N3O2/c1-16-10-9-13-20(17(16)2)23-21(26)14-24(4)15-22(27)25(5)18(3)19-11-7-6-8-12-19/h6-13,18H,14-15H2,1-5H3,(H,23,26)/t18-/m1/s1. The van der Waals surface area contributed by atoms with Gasteiger partial charge in [-0.05, 0) is 50.6 Å². The summed E-state index contributed by atoms with van der Waals surface area (Å²) in [6, 6.07) is 15.7. The number of aryl methyl sites for hydroxylation is 1. The maximum Gasteiger partial charge on any atom is 0.238 e. The van der Waals surface area contributed by atoms with Crippen LogP contribution in [-0.2, 0) is 9.59 Å². The van der Waals surface area contributed by atoms with Crippen LogP contribution >= 0.6 is 0 Å². The minimum Gasteiger partial charge on any atom is -0.338 e. The van der Waals surface area contributed by atoms with Crippen molar-refractivity contribution >= 4 is 17.5 Å². The molecule has 0 heterocycles. The SMILES string of the molecule is Cc1cccc(NC(=O)CN(C)CC(=O)N(C)[C@H](C)c2ccccc2)c1C. The van der Waals surface area contributed by atoms with Gasteiger partial charge < -0.3 is 10.2 Å². The number of nitrogens with one attached hydrogen (secondary N) is 1. The summed E-state index contributed by atoms with van der Waals surface area (Å²) in [5, 5.41) is 2.93. The van der Waals surface area contributed by atoms with Gasteiger partial charge in [-0.1, -0.05) is 42.5 Å². The second-order valence-corrected chi connectivity index (χ2v) is 7.06. The Kier molecular flexibility index (Phi) is 7.13. The molecule has 2 rings (SSSR count). The number of benzene rings is 2. The van der Waals surface area contributed by atoms with E-state index in [4.69, 9.17) is 0 Å². The third kappa shape index (κ3) is 5.66. The van der Waals surface area contributed by atoms with E-state index < -0.39 is 0 Å². The second kappa shape index (κ2) is 9.33. The molecule has 2 aromatic carbocycles. The van der Waals surface area contributed by atoms with E-state index in [1.54, 1.807) is 23.9 Å². The number of carbonyl (C=O) groups excluding carboxylic acids is 2. The third-order valence-electron chi connectivity index (χ3n) is 4.95. The Hall–Kier alpha value is -2.66. The topological polar surface area (TPSA) is 52.7 Å². The molecule has 0 fully saturated rings. The lowest BCUT2D eigenvalue weighted by Gasteiger charge is -2.27. The molecule has 1 atom stereocenters. The molecular formula is C22H29N3O2. The van der Waals surface area contributed by atoms with E-state index in [-0.39, 0.29) is 30.9 Å². The molecule has 0 spiro atoms. The second-order valence-electron chi connectivity index (χ2n) is 7.06. The van der Waals surface area contributed by atoms with Crippen molar-refractivity contribution in [1.82, 2.24) is 9.80 Å². The highest BCUT2D eigenvalue weighted by molar-refractivity contribution is 5.93. The van der Waals surface area contributed by atoms with Gasteiger partial charge in [-0.3, -0.25) is 14.5 Å². The van der Waals surface area contributed by atoms with Gasteiger partial charge in [-0.15, -0.1) is 0 Å². The zero-order chi connectivity index (χ0) is 20.0. The molecule has 0 aromatic heterocycles. The van der Waals surface area contributed by atoms with Crippen LogP contribution in [0, 0.1) is 13.8 Å². The molecule has 0 saturated carbocycles. The zero-order valence-corrected chi connectivity index (χ0v) is 16.8. The average molecular weight is 367 g/mol. The highest BCUT2D eigenvalue weighted by atomic mass is 16.2. The van der Waals surface area contributed by atoms with Crippen LogP contribution in [0.1, 0.15) is 29.7 Å². The number of carbonyl (C=O) groups is 2. The lowest BCUT2D eigenvalue weighted by molar-refractivity contribution is -0.133. The Morgan fingerprint density at radius 3 is 2.30 bits per heavy atom. The van der Waals surface area contributed by atoms with Crippen LogP contribution < -0.4 is 5.32 Å².